The highest BCUT2D eigenvalue weighted by Gasteiger charge is 2.35. The topological polar surface area (TPSA) is 43.8 Å². The van der Waals surface area contributed by atoms with Gasteiger partial charge in [0.1, 0.15) is 5.82 Å². The summed E-state index contributed by atoms with van der Waals surface area (Å²) in [5, 5.41) is 0. The fraction of sp³-hybridized carbons (Fsp3) is 0.308. The van der Waals surface area contributed by atoms with Crippen LogP contribution < -0.4 is 5.73 Å². The molecule has 0 aliphatic heterocycles. The number of aromatic nitrogens is 2. The molecule has 0 spiro atoms. The number of imidazole rings is 1. The third-order valence-electron chi connectivity index (χ3n) is 2.85. The number of hydrogen-bond acceptors (Lipinski definition) is 2. The van der Waals surface area contributed by atoms with E-state index < -0.39 is 11.9 Å². The van der Waals surface area contributed by atoms with Crippen molar-refractivity contribution in [2.24, 2.45) is 5.73 Å². The fourth-order valence-corrected chi connectivity index (χ4v) is 2.23. The largest absolute Gasteiger partial charge is 0.434 e. The first-order valence-corrected chi connectivity index (χ1v) is 7.17. The molecule has 0 bridgehead atoms. The van der Waals surface area contributed by atoms with Crippen LogP contribution >= 0.6 is 22.6 Å². The Bertz CT molecular complexity index is 588. The van der Waals surface area contributed by atoms with Crippen LogP contribution in [0.25, 0.3) is 11.4 Å². The number of rotatable bonds is 3. The SMILES string of the molecule is CC(I)n1cc(C(F)(F)F)nc1-c1ccc(CN)cc1. The second-order valence-electron chi connectivity index (χ2n) is 4.33. The Balaban J connectivity index is 2.50. The zero-order valence-electron chi connectivity index (χ0n) is 10.7. The molecule has 0 saturated carbocycles. The maximum Gasteiger partial charge on any atom is 0.434 e. The van der Waals surface area contributed by atoms with Crippen molar-refractivity contribution in [1.29, 1.82) is 0 Å². The van der Waals surface area contributed by atoms with Gasteiger partial charge in [0.2, 0.25) is 0 Å². The van der Waals surface area contributed by atoms with Crippen molar-refractivity contribution >= 4 is 22.6 Å². The third kappa shape index (κ3) is 3.14. The molecule has 1 aromatic heterocycles. The Labute approximate surface area is 128 Å². The van der Waals surface area contributed by atoms with Crippen molar-refractivity contribution in [3.8, 4) is 11.4 Å². The van der Waals surface area contributed by atoms with Crippen LogP contribution in [-0.2, 0) is 12.7 Å². The van der Waals surface area contributed by atoms with Gasteiger partial charge in [-0.05, 0) is 12.5 Å². The normalized spacial score (nSPS) is 13.5. The van der Waals surface area contributed by atoms with Crippen LogP contribution in [0.2, 0.25) is 0 Å². The molecule has 108 valence electrons. The first-order chi connectivity index (χ1) is 9.32. The molecule has 0 fully saturated rings. The Morgan fingerprint density at radius 1 is 1.30 bits per heavy atom. The molecular weight excluding hydrogens is 382 g/mol. The summed E-state index contributed by atoms with van der Waals surface area (Å²) < 4.78 is 39.7. The van der Waals surface area contributed by atoms with E-state index in [2.05, 4.69) is 27.6 Å². The molecule has 1 aromatic carbocycles. The van der Waals surface area contributed by atoms with Gasteiger partial charge in [-0.2, -0.15) is 13.2 Å². The second kappa shape index (κ2) is 5.72. The Hall–Kier alpha value is -1.09. The predicted octanol–water partition coefficient (Wildman–Crippen LogP) is 3.98. The number of alkyl halides is 4. The van der Waals surface area contributed by atoms with Crippen LogP contribution in [0.4, 0.5) is 13.2 Å². The summed E-state index contributed by atoms with van der Waals surface area (Å²) in [6, 6.07) is 7.05. The quantitative estimate of drug-likeness (QED) is 0.631. The summed E-state index contributed by atoms with van der Waals surface area (Å²) >= 11 is 2.05. The van der Waals surface area contributed by atoms with Crippen molar-refractivity contribution in [2.75, 3.05) is 0 Å². The third-order valence-corrected chi connectivity index (χ3v) is 3.45. The van der Waals surface area contributed by atoms with E-state index >= 15 is 0 Å². The summed E-state index contributed by atoms with van der Waals surface area (Å²) in [5.41, 5.74) is 6.19. The summed E-state index contributed by atoms with van der Waals surface area (Å²) in [7, 11) is 0. The highest BCUT2D eigenvalue weighted by molar-refractivity contribution is 14.1. The molecule has 1 unspecified atom stereocenters. The molecule has 0 saturated heterocycles. The summed E-state index contributed by atoms with van der Waals surface area (Å²) in [6.45, 7) is 2.20. The van der Waals surface area contributed by atoms with Gasteiger partial charge in [-0.15, -0.1) is 0 Å². The van der Waals surface area contributed by atoms with E-state index in [1.807, 2.05) is 0 Å². The smallest absolute Gasteiger partial charge is 0.326 e. The average molecular weight is 395 g/mol. The van der Waals surface area contributed by atoms with Gasteiger partial charge >= 0.3 is 6.18 Å². The van der Waals surface area contributed by atoms with E-state index in [1.54, 1.807) is 31.2 Å². The van der Waals surface area contributed by atoms with Gasteiger partial charge in [0.25, 0.3) is 0 Å². The number of hydrogen-bond donors (Lipinski definition) is 1. The van der Waals surface area contributed by atoms with E-state index in [9.17, 15) is 13.2 Å². The zero-order chi connectivity index (χ0) is 14.9. The Morgan fingerprint density at radius 3 is 2.35 bits per heavy atom. The first kappa shape index (κ1) is 15.3. The van der Waals surface area contributed by atoms with Crippen molar-refractivity contribution in [3.05, 3.63) is 41.7 Å². The number of nitrogens with two attached hydrogens (primary N) is 1. The Morgan fingerprint density at radius 2 is 1.90 bits per heavy atom. The summed E-state index contributed by atoms with van der Waals surface area (Å²) in [6.07, 6.45) is -3.40. The maximum atomic E-state index is 12.8. The minimum Gasteiger partial charge on any atom is -0.326 e. The molecule has 0 radical (unpaired) electrons. The molecule has 7 heteroatoms. The van der Waals surface area contributed by atoms with Crippen LogP contribution in [0.1, 0.15) is 22.2 Å². The van der Waals surface area contributed by atoms with Gasteiger partial charge in [0.15, 0.2) is 5.69 Å². The van der Waals surface area contributed by atoms with Crippen LogP contribution in [0, 0.1) is 0 Å². The van der Waals surface area contributed by atoms with E-state index in [1.165, 1.54) is 4.57 Å². The van der Waals surface area contributed by atoms with E-state index in [0.717, 1.165) is 11.8 Å². The monoisotopic (exact) mass is 395 g/mol. The summed E-state index contributed by atoms with van der Waals surface area (Å²) in [5.74, 6) is 0.308. The minimum absolute atomic E-state index is 0.139. The predicted molar refractivity (Wildman–Crippen MR) is 79.3 cm³/mol. The summed E-state index contributed by atoms with van der Waals surface area (Å²) in [4.78, 5) is 3.73. The number of benzene rings is 1. The molecule has 20 heavy (non-hydrogen) atoms. The van der Waals surface area contributed by atoms with Gasteiger partial charge in [-0.3, -0.25) is 0 Å². The highest BCUT2D eigenvalue weighted by Crippen LogP contribution is 2.33. The van der Waals surface area contributed by atoms with Crippen molar-refractivity contribution in [3.63, 3.8) is 0 Å². The molecule has 1 atom stereocenters. The van der Waals surface area contributed by atoms with Crippen molar-refractivity contribution in [1.82, 2.24) is 9.55 Å². The molecule has 2 aromatic rings. The second-order valence-corrected chi connectivity index (χ2v) is 6.13. The highest BCUT2D eigenvalue weighted by atomic mass is 127. The first-order valence-electron chi connectivity index (χ1n) is 5.92. The molecule has 2 rings (SSSR count). The van der Waals surface area contributed by atoms with Crippen LogP contribution in [0.15, 0.2) is 30.5 Å². The van der Waals surface area contributed by atoms with Gasteiger partial charge < -0.3 is 10.3 Å². The number of halogens is 4. The average Bonchev–Trinajstić information content (AvgIpc) is 2.84. The lowest BCUT2D eigenvalue weighted by atomic mass is 10.1. The van der Waals surface area contributed by atoms with E-state index in [4.69, 9.17) is 5.73 Å². The molecule has 2 N–H and O–H groups in total. The maximum absolute atomic E-state index is 12.8. The molecule has 3 nitrogen and oxygen atoms in total. The van der Waals surface area contributed by atoms with E-state index in [0.29, 0.717) is 17.9 Å². The molecule has 0 amide bonds. The standard InChI is InChI=1S/C13H13F3IN3/c1-8(17)20-7-11(13(14,15)16)19-12(20)10-4-2-9(6-18)3-5-10/h2-5,7-8H,6,18H2,1H3. The molecule has 0 aliphatic carbocycles. The van der Waals surface area contributed by atoms with Gasteiger partial charge in [-0.25, -0.2) is 4.98 Å². The van der Waals surface area contributed by atoms with Crippen LogP contribution in [-0.4, -0.2) is 9.55 Å². The van der Waals surface area contributed by atoms with E-state index in [-0.39, 0.29) is 4.05 Å². The lowest BCUT2D eigenvalue weighted by Crippen LogP contribution is -2.05. The fourth-order valence-electron chi connectivity index (χ4n) is 1.80. The lowest BCUT2D eigenvalue weighted by molar-refractivity contribution is -0.140. The lowest BCUT2D eigenvalue weighted by Gasteiger charge is -2.10. The van der Waals surface area contributed by atoms with Gasteiger partial charge in [-0.1, -0.05) is 46.9 Å². The zero-order valence-corrected chi connectivity index (χ0v) is 12.8. The Kier molecular flexibility index (Phi) is 4.38. The van der Waals surface area contributed by atoms with Gasteiger partial charge in [0.05, 0.1) is 4.05 Å². The molecule has 1 heterocycles. The minimum atomic E-state index is -4.44. The molecular formula is C13H13F3IN3. The van der Waals surface area contributed by atoms with Crippen LogP contribution in [0.3, 0.4) is 0 Å². The molecule has 0 aliphatic rings. The van der Waals surface area contributed by atoms with Crippen molar-refractivity contribution in [2.45, 2.75) is 23.7 Å². The van der Waals surface area contributed by atoms with Crippen LogP contribution in [0.5, 0.6) is 0 Å². The van der Waals surface area contributed by atoms with Gasteiger partial charge in [0, 0.05) is 18.3 Å². The van der Waals surface area contributed by atoms with Crippen molar-refractivity contribution < 1.29 is 13.2 Å². The number of nitrogens with zero attached hydrogens (tertiary/aromatic N) is 2.